The lowest BCUT2D eigenvalue weighted by atomic mass is 10.1. The normalized spacial score (nSPS) is 11.6. The van der Waals surface area contributed by atoms with Gasteiger partial charge in [-0.3, -0.25) is 4.79 Å². The molecule has 0 aliphatic heterocycles. The molecule has 0 saturated carbocycles. The molecule has 1 rings (SSSR count). The predicted molar refractivity (Wildman–Crippen MR) is 46.6 cm³/mol. The lowest BCUT2D eigenvalue weighted by molar-refractivity contribution is -0.137. The first-order valence-corrected chi connectivity index (χ1v) is 4.25. The third-order valence-corrected chi connectivity index (χ3v) is 2.17. The topological polar surface area (TPSA) is 17.1 Å². The highest BCUT2D eigenvalue weighted by Gasteiger charge is 2.35. The molecular weight excluding hydrogens is 259 g/mol. The Morgan fingerprint density at radius 2 is 1.80 bits per heavy atom. The molecule has 15 heavy (non-hydrogen) atoms. The Hall–Kier alpha value is -0.810. The third kappa shape index (κ3) is 2.41. The molecule has 1 nitrogen and oxygen atoms in total. The molecule has 1 aromatic carbocycles. The van der Waals surface area contributed by atoms with Crippen molar-refractivity contribution in [3.05, 3.63) is 34.1 Å². The molecule has 0 saturated heterocycles. The molecule has 0 aliphatic carbocycles. The first-order valence-electron chi connectivity index (χ1n) is 3.50. The number of carbonyl (C=O) groups excluding carboxylic acids is 1. The van der Waals surface area contributed by atoms with Gasteiger partial charge in [0.15, 0.2) is 0 Å². The zero-order valence-electron chi connectivity index (χ0n) is 6.83. The van der Waals surface area contributed by atoms with E-state index >= 15 is 0 Å². The van der Waals surface area contributed by atoms with Crippen LogP contribution in [0, 0.1) is 5.82 Å². The predicted octanol–water partition coefficient (Wildman–Crippen LogP) is 3.88. The number of hydrogen-bond acceptors (Lipinski definition) is 1. The second-order valence-electron chi connectivity index (χ2n) is 2.56. The quantitative estimate of drug-likeness (QED) is 0.553. The maximum atomic E-state index is 12.9. The smallest absolute Gasteiger partial charge is 0.275 e. The molecule has 7 heteroatoms. The molecule has 0 aromatic heterocycles. The van der Waals surface area contributed by atoms with Gasteiger partial charge in [-0.05, 0) is 23.7 Å². The van der Waals surface area contributed by atoms with Gasteiger partial charge >= 0.3 is 6.18 Å². The summed E-state index contributed by atoms with van der Waals surface area (Å²) in [5.41, 5.74) is -2.26. The lowest BCUT2D eigenvalue weighted by Crippen LogP contribution is -2.09. The number of halogens is 6. The van der Waals surface area contributed by atoms with E-state index in [0.29, 0.717) is 12.1 Å². The Balaban J connectivity index is 3.49. The van der Waals surface area contributed by atoms with Gasteiger partial charge in [0, 0.05) is 0 Å². The molecule has 0 aliphatic rings. The third-order valence-electron chi connectivity index (χ3n) is 1.59. The summed E-state index contributed by atoms with van der Waals surface area (Å²) in [6.45, 7) is 0. The molecule has 0 fully saturated rings. The van der Waals surface area contributed by atoms with Crippen LogP contribution in [-0.2, 0) is 6.18 Å². The molecule has 0 N–H and O–H groups in total. The Kier molecular flexibility index (Phi) is 3.25. The molecule has 0 spiro atoms. The highest BCUT2D eigenvalue weighted by atomic mass is 35.5. The summed E-state index contributed by atoms with van der Waals surface area (Å²) >= 11 is 10.1. The Morgan fingerprint density at radius 3 is 2.20 bits per heavy atom. The van der Waals surface area contributed by atoms with Crippen LogP contribution in [-0.4, -0.2) is 5.24 Å². The molecule has 0 radical (unpaired) electrons. The number of benzene rings is 1. The average molecular weight is 261 g/mol. The molecule has 1 aromatic rings. The molecule has 82 valence electrons. The van der Waals surface area contributed by atoms with E-state index in [9.17, 15) is 22.4 Å². The van der Waals surface area contributed by atoms with E-state index in [-0.39, 0.29) is 0 Å². The van der Waals surface area contributed by atoms with Crippen LogP contribution < -0.4 is 0 Å². The lowest BCUT2D eigenvalue weighted by Gasteiger charge is -2.10. The van der Waals surface area contributed by atoms with Crippen LogP contribution in [0.5, 0.6) is 0 Å². The average Bonchev–Trinajstić information content (AvgIpc) is 2.00. The largest absolute Gasteiger partial charge is 0.417 e. The highest BCUT2D eigenvalue weighted by molar-refractivity contribution is 6.68. The summed E-state index contributed by atoms with van der Waals surface area (Å²) in [7, 11) is 0. The number of hydrogen-bond donors (Lipinski definition) is 0. The van der Waals surface area contributed by atoms with Crippen molar-refractivity contribution in [3.8, 4) is 0 Å². The van der Waals surface area contributed by atoms with Crippen molar-refractivity contribution in [2.75, 3.05) is 0 Å². The van der Waals surface area contributed by atoms with E-state index in [0.717, 1.165) is 0 Å². The molecule has 0 bridgehead atoms. The Labute approximate surface area is 91.6 Å². The number of alkyl halides is 3. The van der Waals surface area contributed by atoms with Gasteiger partial charge in [-0.15, -0.1) is 0 Å². The van der Waals surface area contributed by atoms with Crippen LogP contribution in [0.2, 0.25) is 5.02 Å². The fourth-order valence-electron chi connectivity index (χ4n) is 0.952. The summed E-state index contributed by atoms with van der Waals surface area (Å²) < 4.78 is 49.7. The van der Waals surface area contributed by atoms with Crippen LogP contribution in [0.1, 0.15) is 15.9 Å². The van der Waals surface area contributed by atoms with E-state index < -0.39 is 33.4 Å². The number of carbonyl (C=O) groups is 1. The van der Waals surface area contributed by atoms with Gasteiger partial charge in [0.25, 0.3) is 5.24 Å². The van der Waals surface area contributed by atoms with Crippen LogP contribution >= 0.6 is 23.2 Å². The van der Waals surface area contributed by atoms with Gasteiger partial charge < -0.3 is 0 Å². The molecule has 0 unspecified atom stereocenters. The Morgan fingerprint density at radius 1 is 1.27 bits per heavy atom. The van der Waals surface area contributed by atoms with Crippen LogP contribution in [0.4, 0.5) is 17.6 Å². The van der Waals surface area contributed by atoms with Crippen molar-refractivity contribution in [1.29, 1.82) is 0 Å². The standard InChI is InChI=1S/C8H2Cl2F4O/c9-6-3(8(12,13)14)1-2-4(11)5(6)7(10)15/h1-2H. The second kappa shape index (κ2) is 3.98. The molecule has 0 heterocycles. The zero-order valence-corrected chi connectivity index (χ0v) is 8.34. The monoisotopic (exact) mass is 260 g/mol. The van der Waals surface area contributed by atoms with E-state index in [4.69, 9.17) is 23.2 Å². The fourth-order valence-corrected chi connectivity index (χ4v) is 1.53. The van der Waals surface area contributed by atoms with Gasteiger partial charge in [0.05, 0.1) is 16.1 Å². The van der Waals surface area contributed by atoms with Gasteiger partial charge in [0.1, 0.15) is 5.82 Å². The summed E-state index contributed by atoms with van der Waals surface area (Å²) in [4.78, 5) is 10.6. The van der Waals surface area contributed by atoms with Crippen molar-refractivity contribution in [1.82, 2.24) is 0 Å². The first kappa shape index (κ1) is 12.3. The van der Waals surface area contributed by atoms with E-state index in [2.05, 4.69) is 0 Å². The van der Waals surface area contributed by atoms with Gasteiger partial charge in [-0.25, -0.2) is 4.39 Å². The van der Waals surface area contributed by atoms with Crippen LogP contribution in [0.25, 0.3) is 0 Å². The minimum absolute atomic E-state index is 0.445. The minimum atomic E-state index is -4.76. The molecule has 0 atom stereocenters. The van der Waals surface area contributed by atoms with Crippen molar-refractivity contribution in [3.63, 3.8) is 0 Å². The molecular formula is C8H2Cl2F4O. The van der Waals surface area contributed by atoms with Crippen molar-refractivity contribution < 1.29 is 22.4 Å². The van der Waals surface area contributed by atoms with Gasteiger partial charge in [-0.1, -0.05) is 11.6 Å². The van der Waals surface area contributed by atoms with Crippen molar-refractivity contribution in [2.45, 2.75) is 6.18 Å². The van der Waals surface area contributed by atoms with E-state index in [1.54, 1.807) is 0 Å². The van der Waals surface area contributed by atoms with Crippen molar-refractivity contribution in [2.24, 2.45) is 0 Å². The maximum absolute atomic E-state index is 12.9. The Bertz CT molecular complexity index is 414. The fraction of sp³-hybridized carbons (Fsp3) is 0.125. The zero-order chi connectivity index (χ0) is 11.8. The van der Waals surface area contributed by atoms with Gasteiger partial charge in [0.2, 0.25) is 0 Å². The highest BCUT2D eigenvalue weighted by Crippen LogP contribution is 2.37. The van der Waals surface area contributed by atoms with E-state index in [1.165, 1.54) is 0 Å². The van der Waals surface area contributed by atoms with Crippen molar-refractivity contribution >= 4 is 28.4 Å². The molecule has 0 amide bonds. The minimum Gasteiger partial charge on any atom is -0.275 e. The maximum Gasteiger partial charge on any atom is 0.417 e. The van der Waals surface area contributed by atoms with Crippen LogP contribution in [0.15, 0.2) is 12.1 Å². The summed E-state index contributed by atoms with van der Waals surface area (Å²) in [5.74, 6) is -1.19. The summed E-state index contributed by atoms with van der Waals surface area (Å²) in [6.07, 6.45) is -4.76. The SMILES string of the molecule is O=C(Cl)c1c(F)ccc(C(F)(F)F)c1Cl. The van der Waals surface area contributed by atoms with Crippen LogP contribution in [0.3, 0.4) is 0 Å². The number of rotatable bonds is 1. The summed E-state index contributed by atoms with van der Waals surface area (Å²) in [5, 5.41) is -2.40. The van der Waals surface area contributed by atoms with E-state index in [1.807, 2.05) is 0 Å². The summed E-state index contributed by atoms with van der Waals surface area (Å²) in [6, 6.07) is 0.936. The van der Waals surface area contributed by atoms with Gasteiger partial charge in [-0.2, -0.15) is 13.2 Å². The first-order chi connectivity index (χ1) is 6.75. The second-order valence-corrected chi connectivity index (χ2v) is 3.28.